The number of aryl methyl sites for hydroxylation is 1. The first-order valence-electron chi connectivity index (χ1n) is 6.04. The Morgan fingerprint density at radius 3 is 2.89 bits per heavy atom. The van der Waals surface area contributed by atoms with E-state index in [1.807, 2.05) is 19.9 Å². The Morgan fingerprint density at radius 2 is 2.28 bits per heavy atom. The molecule has 2 aromatic rings. The lowest BCUT2D eigenvalue weighted by atomic mass is 10.0. The lowest BCUT2D eigenvalue weighted by Crippen LogP contribution is -2.24. The molecule has 0 saturated carbocycles. The topological polar surface area (TPSA) is 53.6 Å². The Bertz CT molecular complexity index is 496. The molecule has 2 N–H and O–H groups in total. The highest BCUT2D eigenvalue weighted by Crippen LogP contribution is 2.18. The van der Waals surface area contributed by atoms with Gasteiger partial charge in [-0.25, -0.2) is 9.37 Å². The number of aromatic amines is 1. The van der Waals surface area contributed by atoms with Gasteiger partial charge in [-0.15, -0.1) is 0 Å². The molecule has 5 heteroatoms. The molecule has 0 aliphatic carbocycles. The lowest BCUT2D eigenvalue weighted by molar-refractivity contribution is 0.521. The minimum Gasteiger partial charge on any atom is -0.307 e. The van der Waals surface area contributed by atoms with E-state index >= 15 is 0 Å². The number of aromatic nitrogens is 3. The zero-order chi connectivity index (χ0) is 13.0. The number of halogens is 1. The zero-order valence-electron chi connectivity index (χ0n) is 10.6. The maximum atomic E-state index is 13.1. The quantitative estimate of drug-likeness (QED) is 0.852. The van der Waals surface area contributed by atoms with Crippen LogP contribution in [0.5, 0.6) is 0 Å². The fourth-order valence-electron chi connectivity index (χ4n) is 2.00. The minimum absolute atomic E-state index is 0.0710. The summed E-state index contributed by atoms with van der Waals surface area (Å²) in [6, 6.07) is 4.94. The number of nitrogens with one attached hydrogen (secondary N) is 2. The van der Waals surface area contributed by atoms with Gasteiger partial charge in [0.05, 0.1) is 6.04 Å². The van der Waals surface area contributed by atoms with Crippen molar-refractivity contribution in [3.63, 3.8) is 0 Å². The van der Waals surface area contributed by atoms with Crippen LogP contribution in [-0.4, -0.2) is 21.7 Å². The average Bonchev–Trinajstić information content (AvgIpc) is 2.85. The molecule has 0 bridgehead atoms. The number of benzene rings is 1. The van der Waals surface area contributed by atoms with Gasteiger partial charge in [0.25, 0.3) is 0 Å². The second-order valence-corrected chi connectivity index (χ2v) is 4.26. The van der Waals surface area contributed by atoms with Crippen LogP contribution in [0.3, 0.4) is 0 Å². The number of rotatable bonds is 5. The van der Waals surface area contributed by atoms with E-state index in [-0.39, 0.29) is 11.9 Å². The van der Waals surface area contributed by atoms with Gasteiger partial charge in [-0.2, -0.15) is 5.10 Å². The van der Waals surface area contributed by atoms with Gasteiger partial charge in [-0.1, -0.05) is 13.0 Å². The third kappa shape index (κ3) is 2.92. The van der Waals surface area contributed by atoms with Crippen molar-refractivity contribution in [1.82, 2.24) is 20.5 Å². The van der Waals surface area contributed by atoms with Crippen LogP contribution in [-0.2, 0) is 6.42 Å². The molecule has 96 valence electrons. The number of likely N-dealkylation sites (N-methyl/N-ethyl adjacent to an activating group) is 1. The van der Waals surface area contributed by atoms with Gasteiger partial charge < -0.3 is 5.32 Å². The van der Waals surface area contributed by atoms with Crippen LogP contribution in [0.2, 0.25) is 0 Å². The Hall–Kier alpha value is -1.75. The highest BCUT2D eigenvalue weighted by Gasteiger charge is 2.15. The minimum atomic E-state index is -0.198. The largest absolute Gasteiger partial charge is 0.307 e. The molecule has 4 nitrogen and oxygen atoms in total. The van der Waals surface area contributed by atoms with E-state index in [0.29, 0.717) is 0 Å². The smallest absolute Gasteiger partial charge is 0.141 e. The molecule has 18 heavy (non-hydrogen) atoms. The predicted molar refractivity (Wildman–Crippen MR) is 67.6 cm³/mol. The van der Waals surface area contributed by atoms with E-state index in [2.05, 4.69) is 20.5 Å². The van der Waals surface area contributed by atoms with Crippen LogP contribution in [0.15, 0.2) is 24.5 Å². The summed E-state index contributed by atoms with van der Waals surface area (Å²) in [6.45, 7) is 4.80. The number of hydrogen-bond donors (Lipinski definition) is 2. The third-order valence-electron chi connectivity index (χ3n) is 2.94. The molecule has 1 unspecified atom stereocenters. The molecule has 0 saturated heterocycles. The molecule has 0 aliphatic heterocycles. The van der Waals surface area contributed by atoms with Crippen molar-refractivity contribution in [2.24, 2.45) is 0 Å². The van der Waals surface area contributed by atoms with Crippen LogP contribution in [0.25, 0.3) is 0 Å². The zero-order valence-corrected chi connectivity index (χ0v) is 10.6. The summed E-state index contributed by atoms with van der Waals surface area (Å²) in [7, 11) is 0. The molecular formula is C13H17FN4. The van der Waals surface area contributed by atoms with Gasteiger partial charge in [0.1, 0.15) is 18.0 Å². The Labute approximate surface area is 106 Å². The maximum absolute atomic E-state index is 13.1. The number of nitrogens with zero attached hydrogens (tertiary/aromatic N) is 2. The Morgan fingerprint density at radius 1 is 1.44 bits per heavy atom. The molecule has 1 aromatic carbocycles. The van der Waals surface area contributed by atoms with Crippen LogP contribution in [0, 0.1) is 12.7 Å². The first-order chi connectivity index (χ1) is 8.70. The van der Waals surface area contributed by atoms with Crippen LogP contribution in [0.4, 0.5) is 4.39 Å². The van der Waals surface area contributed by atoms with Gasteiger partial charge in [0.15, 0.2) is 0 Å². The summed E-state index contributed by atoms with van der Waals surface area (Å²) in [5.74, 6) is 0.608. The summed E-state index contributed by atoms with van der Waals surface area (Å²) in [5, 5.41) is 10.1. The van der Waals surface area contributed by atoms with E-state index in [9.17, 15) is 4.39 Å². The van der Waals surface area contributed by atoms with Crippen molar-refractivity contribution in [2.45, 2.75) is 26.3 Å². The third-order valence-corrected chi connectivity index (χ3v) is 2.94. The summed E-state index contributed by atoms with van der Waals surface area (Å²) >= 11 is 0. The van der Waals surface area contributed by atoms with Gasteiger partial charge in [0, 0.05) is 0 Å². The van der Waals surface area contributed by atoms with E-state index in [0.717, 1.165) is 29.9 Å². The lowest BCUT2D eigenvalue weighted by Gasteiger charge is -2.16. The van der Waals surface area contributed by atoms with E-state index in [1.54, 1.807) is 6.07 Å². The maximum Gasteiger partial charge on any atom is 0.141 e. The van der Waals surface area contributed by atoms with Gasteiger partial charge in [0.2, 0.25) is 0 Å². The fraction of sp³-hybridized carbons (Fsp3) is 0.385. The molecule has 0 fully saturated rings. The molecule has 0 amide bonds. The Balaban J connectivity index is 2.18. The van der Waals surface area contributed by atoms with Crippen molar-refractivity contribution in [3.05, 3.63) is 47.3 Å². The van der Waals surface area contributed by atoms with Crippen molar-refractivity contribution in [2.75, 3.05) is 6.54 Å². The van der Waals surface area contributed by atoms with Crippen molar-refractivity contribution >= 4 is 0 Å². The van der Waals surface area contributed by atoms with Crippen LogP contribution in [0.1, 0.15) is 29.9 Å². The first kappa shape index (κ1) is 12.7. The van der Waals surface area contributed by atoms with Gasteiger partial charge in [-0.3, -0.25) is 5.10 Å². The van der Waals surface area contributed by atoms with Crippen LogP contribution < -0.4 is 5.32 Å². The molecule has 1 aromatic heterocycles. The summed E-state index contributed by atoms with van der Waals surface area (Å²) in [6.07, 6.45) is 2.26. The van der Waals surface area contributed by atoms with Crippen molar-refractivity contribution in [3.8, 4) is 0 Å². The SMILES string of the molecule is CCNC(Cc1ccc(F)cc1C)c1ncn[nH]1. The standard InChI is InChI=1S/C13H17FN4/c1-3-15-12(13-16-8-17-18-13)7-10-4-5-11(14)6-9(10)2/h4-6,8,12,15H,3,7H2,1-2H3,(H,16,17,18). The van der Waals surface area contributed by atoms with Gasteiger partial charge >= 0.3 is 0 Å². The van der Waals surface area contributed by atoms with E-state index < -0.39 is 0 Å². The average molecular weight is 248 g/mol. The molecule has 0 spiro atoms. The molecule has 0 aliphatic rings. The summed E-state index contributed by atoms with van der Waals surface area (Å²) < 4.78 is 13.1. The molecule has 0 radical (unpaired) electrons. The normalized spacial score (nSPS) is 12.6. The van der Waals surface area contributed by atoms with Crippen molar-refractivity contribution < 1.29 is 4.39 Å². The summed E-state index contributed by atoms with van der Waals surface area (Å²) in [5.41, 5.74) is 2.07. The fourth-order valence-corrected chi connectivity index (χ4v) is 2.00. The van der Waals surface area contributed by atoms with Crippen molar-refractivity contribution in [1.29, 1.82) is 0 Å². The second-order valence-electron chi connectivity index (χ2n) is 4.26. The number of hydrogen-bond acceptors (Lipinski definition) is 3. The molecule has 1 heterocycles. The Kier molecular flexibility index (Phi) is 4.04. The predicted octanol–water partition coefficient (Wildman–Crippen LogP) is 2.15. The molecule has 2 rings (SSSR count). The number of H-pyrrole nitrogens is 1. The van der Waals surface area contributed by atoms with Gasteiger partial charge in [-0.05, 0) is 43.1 Å². The summed E-state index contributed by atoms with van der Waals surface area (Å²) in [4.78, 5) is 4.18. The highest BCUT2D eigenvalue weighted by atomic mass is 19.1. The molecule has 1 atom stereocenters. The first-order valence-corrected chi connectivity index (χ1v) is 6.04. The second kappa shape index (κ2) is 5.73. The van der Waals surface area contributed by atoms with Crippen LogP contribution >= 0.6 is 0 Å². The van der Waals surface area contributed by atoms with E-state index in [1.165, 1.54) is 12.4 Å². The highest BCUT2D eigenvalue weighted by molar-refractivity contribution is 5.27. The molecular weight excluding hydrogens is 231 g/mol. The monoisotopic (exact) mass is 248 g/mol. The van der Waals surface area contributed by atoms with E-state index in [4.69, 9.17) is 0 Å².